The first-order chi connectivity index (χ1) is 9.38. The highest BCUT2D eigenvalue weighted by Crippen LogP contribution is 2.30. The van der Waals surface area contributed by atoms with Crippen molar-refractivity contribution < 1.29 is 9.15 Å². The van der Waals surface area contributed by atoms with Gasteiger partial charge in [0.1, 0.15) is 5.75 Å². The lowest BCUT2D eigenvalue weighted by Crippen LogP contribution is -2.15. The number of nitrogens with zero attached hydrogens (tertiary/aromatic N) is 2. The van der Waals surface area contributed by atoms with Gasteiger partial charge in [0.25, 0.3) is 0 Å². The first-order valence-electron chi connectivity index (χ1n) is 6.70. The van der Waals surface area contributed by atoms with Gasteiger partial charge in [0.2, 0.25) is 11.8 Å². The molecule has 0 bridgehead atoms. The third-order valence-electron chi connectivity index (χ3n) is 3.52. The van der Waals surface area contributed by atoms with E-state index in [1.807, 2.05) is 12.1 Å². The van der Waals surface area contributed by atoms with E-state index in [1.54, 1.807) is 0 Å². The molecule has 2 aromatic rings. The molecule has 5 nitrogen and oxygen atoms in total. The number of rotatable bonds is 4. The zero-order chi connectivity index (χ0) is 12.7. The number of nitrogens with one attached hydrogen (secondary N) is 1. The summed E-state index contributed by atoms with van der Waals surface area (Å²) in [7, 11) is 0. The second-order valence-electron chi connectivity index (χ2n) is 5.08. The Kier molecular flexibility index (Phi) is 2.51. The standard InChI is InChI=1S/C14H15N3O2/c1-4-12-9(5-6-18-12)7-10(1)14-17-16-13(19-14)8-15-11-2-3-11/h1,4,7,11,15H,2-3,5-6,8H2. The number of hydrogen-bond acceptors (Lipinski definition) is 5. The molecule has 1 N–H and O–H groups in total. The van der Waals surface area contributed by atoms with Crippen LogP contribution in [-0.2, 0) is 13.0 Å². The predicted molar refractivity (Wildman–Crippen MR) is 68.8 cm³/mol. The highest BCUT2D eigenvalue weighted by molar-refractivity contribution is 5.57. The summed E-state index contributed by atoms with van der Waals surface area (Å²) >= 11 is 0. The van der Waals surface area contributed by atoms with Gasteiger partial charge in [-0.25, -0.2) is 0 Å². The van der Waals surface area contributed by atoms with Crippen LogP contribution in [0.5, 0.6) is 5.75 Å². The fourth-order valence-corrected chi connectivity index (χ4v) is 2.28. The highest BCUT2D eigenvalue weighted by atomic mass is 16.5. The van der Waals surface area contributed by atoms with Gasteiger partial charge in [0.05, 0.1) is 13.2 Å². The Labute approximate surface area is 111 Å². The average Bonchev–Trinajstić information content (AvgIpc) is 2.96. The molecule has 1 saturated carbocycles. The van der Waals surface area contributed by atoms with Gasteiger partial charge in [0, 0.05) is 18.0 Å². The molecule has 0 atom stereocenters. The number of fused-ring (bicyclic) bond motifs is 1. The van der Waals surface area contributed by atoms with Crippen LogP contribution in [0.1, 0.15) is 24.3 Å². The van der Waals surface area contributed by atoms with Crippen LogP contribution in [0.15, 0.2) is 22.6 Å². The van der Waals surface area contributed by atoms with Crippen molar-refractivity contribution in [1.29, 1.82) is 0 Å². The summed E-state index contributed by atoms with van der Waals surface area (Å²) in [4.78, 5) is 0. The van der Waals surface area contributed by atoms with Crippen molar-refractivity contribution in [3.8, 4) is 17.2 Å². The fraction of sp³-hybridized carbons (Fsp3) is 0.429. The summed E-state index contributed by atoms with van der Waals surface area (Å²) in [5, 5.41) is 11.6. The molecule has 2 heterocycles. The summed E-state index contributed by atoms with van der Waals surface area (Å²) in [6, 6.07) is 6.67. The van der Waals surface area contributed by atoms with Crippen molar-refractivity contribution in [2.45, 2.75) is 31.8 Å². The van der Waals surface area contributed by atoms with Crippen molar-refractivity contribution in [3.05, 3.63) is 29.7 Å². The Balaban J connectivity index is 1.54. The zero-order valence-electron chi connectivity index (χ0n) is 10.6. The molecule has 0 saturated heterocycles. The topological polar surface area (TPSA) is 60.2 Å². The maximum absolute atomic E-state index is 5.68. The van der Waals surface area contributed by atoms with E-state index in [2.05, 4.69) is 21.6 Å². The Morgan fingerprint density at radius 1 is 1.26 bits per heavy atom. The minimum absolute atomic E-state index is 0.585. The molecule has 1 aromatic heterocycles. The maximum atomic E-state index is 5.68. The van der Waals surface area contributed by atoms with Crippen LogP contribution in [0.3, 0.4) is 0 Å². The van der Waals surface area contributed by atoms with Crippen LogP contribution in [0.25, 0.3) is 11.5 Å². The van der Waals surface area contributed by atoms with Gasteiger partial charge in [-0.15, -0.1) is 10.2 Å². The van der Waals surface area contributed by atoms with Crippen LogP contribution in [-0.4, -0.2) is 22.8 Å². The summed E-state index contributed by atoms with van der Waals surface area (Å²) < 4.78 is 11.2. The molecule has 1 aliphatic carbocycles. The van der Waals surface area contributed by atoms with Crippen molar-refractivity contribution in [3.63, 3.8) is 0 Å². The minimum Gasteiger partial charge on any atom is -0.493 e. The van der Waals surface area contributed by atoms with Crippen LogP contribution < -0.4 is 10.1 Å². The third kappa shape index (κ3) is 2.21. The summed E-state index contributed by atoms with van der Waals surface area (Å²) in [5.41, 5.74) is 2.18. The second kappa shape index (κ2) is 4.35. The Morgan fingerprint density at radius 3 is 3.11 bits per heavy atom. The molecular weight excluding hydrogens is 242 g/mol. The van der Waals surface area contributed by atoms with E-state index >= 15 is 0 Å². The van der Waals surface area contributed by atoms with Gasteiger partial charge in [-0.05, 0) is 36.6 Å². The largest absolute Gasteiger partial charge is 0.493 e. The molecular formula is C14H15N3O2. The summed E-state index contributed by atoms with van der Waals surface area (Å²) in [6.45, 7) is 1.42. The van der Waals surface area contributed by atoms with E-state index in [0.717, 1.165) is 24.3 Å². The van der Waals surface area contributed by atoms with Crippen LogP contribution in [0.4, 0.5) is 0 Å². The molecule has 1 aromatic carbocycles. The monoisotopic (exact) mass is 257 g/mol. The first kappa shape index (κ1) is 11.0. The van der Waals surface area contributed by atoms with Crippen LogP contribution in [0.2, 0.25) is 0 Å². The predicted octanol–water partition coefficient (Wildman–Crippen LogP) is 1.92. The van der Waals surface area contributed by atoms with Gasteiger partial charge >= 0.3 is 0 Å². The van der Waals surface area contributed by atoms with Crippen molar-refractivity contribution in [2.24, 2.45) is 0 Å². The number of aromatic nitrogens is 2. The summed E-state index contributed by atoms with van der Waals surface area (Å²) in [6.07, 6.45) is 3.46. The van der Waals surface area contributed by atoms with Crippen molar-refractivity contribution >= 4 is 0 Å². The maximum Gasteiger partial charge on any atom is 0.247 e. The molecule has 1 aliphatic heterocycles. The SMILES string of the molecule is c1cc2c(cc1-c1nnc(CNC3CC3)o1)CCO2. The fourth-order valence-electron chi connectivity index (χ4n) is 2.28. The lowest BCUT2D eigenvalue weighted by molar-refractivity contribution is 0.357. The average molecular weight is 257 g/mol. The Hall–Kier alpha value is -1.88. The molecule has 98 valence electrons. The molecule has 5 heteroatoms. The molecule has 0 unspecified atom stereocenters. The normalized spacial score (nSPS) is 17.3. The zero-order valence-corrected chi connectivity index (χ0v) is 10.6. The van der Waals surface area contributed by atoms with E-state index in [4.69, 9.17) is 9.15 Å². The van der Waals surface area contributed by atoms with E-state index in [0.29, 0.717) is 24.4 Å². The van der Waals surface area contributed by atoms with Gasteiger partial charge in [-0.2, -0.15) is 0 Å². The molecule has 19 heavy (non-hydrogen) atoms. The second-order valence-corrected chi connectivity index (χ2v) is 5.08. The highest BCUT2D eigenvalue weighted by Gasteiger charge is 2.21. The minimum atomic E-state index is 0.585. The quantitative estimate of drug-likeness (QED) is 0.906. The number of benzene rings is 1. The van der Waals surface area contributed by atoms with E-state index < -0.39 is 0 Å². The summed E-state index contributed by atoms with van der Waals surface area (Å²) in [5.74, 6) is 2.21. The first-order valence-corrected chi connectivity index (χ1v) is 6.70. The third-order valence-corrected chi connectivity index (χ3v) is 3.52. The molecule has 0 spiro atoms. The Morgan fingerprint density at radius 2 is 2.21 bits per heavy atom. The Bertz CT molecular complexity index is 604. The van der Waals surface area contributed by atoms with Gasteiger partial charge in [-0.3, -0.25) is 0 Å². The van der Waals surface area contributed by atoms with Crippen LogP contribution >= 0.6 is 0 Å². The molecule has 1 fully saturated rings. The van der Waals surface area contributed by atoms with Crippen LogP contribution in [0, 0.1) is 0 Å². The van der Waals surface area contributed by atoms with Crippen molar-refractivity contribution in [2.75, 3.05) is 6.61 Å². The lowest BCUT2D eigenvalue weighted by Gasteiger charge is -2.00. The molecule has 0 radical (unpaired) electrons. The van der Waals surface area contributed by atoms with E-state index in [1.165, 1.54) is 18.4 Å². The molecule has 4 rings (SSSR count). The molecule has 2 aliphatic rings. The number of ether oxygens (including phenoxy) is 1. The smallest absolute Gasteiger partial charge is 0.247 e. The van der Waals surface area contributed by atoms with Gasteiger partial charge in [-0.1, -0.05) is 0 Å². The number of hydrogen-bond donors (Lipinski definition) is 1. The van der Waals surface area contributed by atoms with Gasteiger partial charge < -0.3 is 14.5 Å². The van der Waals surface area contributed by atoms with Crippen molar-refractivity contribution in [1.82, 2.24) is 15.5 Å². The van der Waals surface area contributed by atoms with E-state index in [9.17, 15) is 0 Å². The van der Waals surface area contributed by atoms with Gasteiger partial charge in [0.15, 0.2) is 0 Å². The van der Waals surface area contributed by atoms with E-state index in [-0.39, 0.29) is 0 Å². The molecule has 0 amide bonds. The lowest BCUT2D eigenvalue weighted by atomic mass is 10.1.